The summed E-state index contributed by atoms with van der Waals surface area (Å²) < 4.78 is 5.73. The number of para-hydroxylation sites is 2. The third-order valence-corrected chi connectivity index (χ3v) is 5.18. The van der Waals surface area contributed by atoms with Gasteiger partial charge in [0.2, 0.25) is 0 Å². The van der Waals surface area contributed by atoms with E-state index in [4.69, 9.17) is 4.74 Å². The molecule has 1 fully saturated rings. The van der Waals surface area contributed by atoms with Gasteiger partial charge < -0.3 is 15.0 Å². The highest BCUT2D eigenvalue weighted by molar-refractivity contribution is 6.01. The van der Waals surface area contributed by atoms with Gasteiger partial charge in [-0.2, -0.15) is 0 Å². The molecule has 8 heteroatoms. The quantitative estimate of drug-likeness (QED) is 0.829. The van der Waals surface area contributed by atoms with E-state index >= 15 is 0 Å². The smallest absolute Gasteiger partial charge is 0.262 e. The second-order valence-corrected chi connectivity index (χ2v) is 6.78. The van der Waals surface area contributed by atoms with Crippen LogP contribution in [0.5, 0.6) is 5.75 Å². The molecule has 0 saturated carbocycles. The van der Waals surface area contributed by atoms with Crippen molar-refractivity contribution in [3.05, 3.63) is 24.3 Å². The van der Waals surface area contributed by atoms with Crippen LogP contribution in [0.1, 0.15) is 26.2 Å². The molecular weight excluding hydrogens is 334 g/mol. The van der Waals surface area contributed by atoms with E-state index in [1.807, 2.05) is 29.3 Å². The van der Waals surface area contributed by atoms with Crippen molar-refractivity contribution in [2.45, 2.75) is 44.4 Å². The lowest BCUT2D eigenvalue weighted by Gasteiger charge is -2.24. The molecule has 4 rings (SSSR count). The summed E-state index contributed by atoms with van der Waals surface area (Å²) in [5.41, 5.74) is 3.85. The normalized spacial score (nSPS) is 27.4. The molecule has 138 valence electrons. The molecule has 2 N–H and O–H groups in total. The Balaban J connectivity index is 1.44. The summed E-state index contributed by atoms with van der Waals surface area (Å²) in [5, 5.41) is 4.78. The summed E-state index contributed by atoms with van der Waals surface area (Å²) in [6.45, 7) is 2.22. The van der Waals surface area contributed by atoms with Gasteiger partial charge in [-0.15, -0.1) is 0 Å². The van der Waals surface area contributed by atoms with Gasteiger partial charge in [0.05, 0.1) is 5.69 Å². The van der Waals surface area contributed by atoms with E-state index in [9.17, 15) is 9.59 Å². The van der Waals surface area contributed by atoms with Crippen LogP contribution >= 0.6 is 0 Å². The van der Waals surface area contributed by atoms with Crippen LogP contribution < -0.4 is 20.4 Å². The SMILES string of the molecule is CC[C@H]1CCC2=NC(C(=O)N[C@H]3COc4ccccc4N(C)C3=O)NN21. The first kappa shape index (κ1) is 16.8. The fourth-order valence-electron chi connectivity index (χ4n) is 3.68. The number of nitrogens with zero attached hydrogens (tertiary/aromatic N) is 3. The largest absolute Gasteiger partial charge is 0.489 e. The molecule has 3 atom stereocenters. The number of aliphatic imine (C=N–C) groups is 1. The van der Waals surface area contributed by atoms with Crippen molar-refractivity contribution in [3.63, 3.8) is 0 Å². The van der Waals surface area contributed by atoms with Crippen LogP contribution in [-0.2, 0) is 9.59 Å². The summed E-state index contributed by atoms with van der Waals surface area (Å²) in [5.74, 6) is 1.03. The van der Waals surface area contributed by atoms with Crippen LogP contribution in [0.2, 0.25) is 0 Å². The molecule has 0 bridgehead atoms. The van der Waals surface area contributed by atoms with E-state index in [0.717, 1.165) is 25.1 Å². The van der Waals surface area contributed by atoms with Crippen molar-refractivity contribution in [1.82, 2.24) is 15.8 Å². The Labute approximate surface area is 152 Å². The fourth-order valence-corrected chi connectivity index (χ4v) is 3.68. The van der Waals surface area contributed by atoms with Gasteiger partial charge in [-0.1, -0.05) is 19.1 Å². The molecule has 8 nitrogen and oxygen atoms in total. The number of likely N-dealkylation sites (N-methyl/N-ethyl adjacent to an activating group) is 1. The van der Waals surface area contributed by atoms with E-state index in [1.165, 1.54) is 4.90 Å². The number of benzene rings is 1. The van der Waals surface area contributed by atoms with Gasteiger partial charge in [0.15, 0.2) is 6.17 Å². The average Bonchev–Trinajstić information content (AvgIpc) is 3.21. The van der Waals surface area contributed by atoms with Crippen molar-refractivity contribution in [2.75, 3.05) is 18.6 Å². The van der Waals surface area contributed by atoms with Crippen molar-refractivity contribution in [2.24, 2.45) is 4.99 Å². The highest BCUT2D eigenvalue weighted by atomic mass is 16.5. The number of amides is 2. The molecule has 3 aliphatic rings. The van der Waals surface area contributed by atoms with Crippen molar-refractivity contribution in [3.8, 4) is 5.75 Å². The van der Waals surface area contributed by atoms with E-state index in [-0.39, 0.29) is 18.4 Å². The Morgan fingerprint density at radius 2 is 2.23 bits per heavy atom. The second kappa shape index (κ2) is 6.60. The Kier molecular flexibility index (Phi) is 4.28. The Bertz CT molecular complexity index is 765. The van der Waals surface area contributed by atoms with Crippen molar-refractivity contribution in [1.29, 1.82) is 0 Å². The molecule has 3 aliphatic heterocycles. The second-order valence-electron chi connectivity index (χ2n) is 6.78. The molecule has 2 amide bonds. The monoisotopic (exact) mass is 357 g/mol. The number of nitrogens with one attached hydrogen (secondary N) is 2. The number of carbonyl (C=O) groups excluding carboxylic acids is 2. The first-order chi connectivity index (χ1) is 12.6. The van der Waals surface area contributed by atoms with E-state index in [2.05, 4.69) is 22.7 Å². The summed E-state index contributed by atoms with van der Waals surface area (Å²) in [7, 11) is 1.69. The molecule has 1 aromatic rings. The number of fused-ring (bicyclic) bond motifs is 2. The van der Waals surface area contributed by atoms with Crippen LogP contribution in [0.4, 0.5) is 5.69 Å². The van der Waals surface area contributed by atoms with E-state index < -0.39 is 12.2 Å². The van der Waals surface area contributed by atoms with Crippen molar-refractivity contribution >= 4 is 23.3 Å². The van der Waals surface area contributed by atoms with Gasteiger partial charge in [-0.05, 0) is 25.0 Å². The Morgan fingerprint density at radius 3 is 3.04 bits per heavy atom. The first-order valence-corrected chi connectivity index (χ1v) is 9.00. The maximum absolute atomic E-state index is 12.7. The van der Waals surface area contributed by atoms with Gasteiger partial charge >= 0.3 is 0 Å². The lowest BCUT2D eigenvalue weighted by Crippen LogP contribution is -2.55. The van der Waals surface area contributed by atoms with Crippen LogP contribution in [-0.4, -0.2) is 54.6 Å². The van der Waals surface area contributed by atoms with Gasteiger partial charge in [-0.25, -0.2) is 10.4 Å². The predicted molar refractivity (Wildman–Crippen MR) is 96.8 cm³/mol. The zero-order valence-electron chi connectivity index (χ0n) is 14.9. The number of hydrazine groups is 1. The lowest BCUT2D eigenvalue weighted by molar-refractivity contribution is -0.129. The summed E-state index contributed by atoms with van der Waals surface area (Å²) >= 11 is 0. The molecular formula is C18H23N5O3. The molecule has 1 saturated heterocycles. The number of hydrogen-bond acceptors (Lipinski definition) is 6. The van der Waals surface area contributed by atoms with Gasteiger partial charge in [0.1, 0.15) is 24.2 Å². The number of anilines is 1. The zero-order valence-corrected chi connectivity index (χ0v) is 14.9. The zero-order chi connectivity index (χ0) is 18.3. The number of rotatable bonds is 3. The van der Waals surface area contributed by atoms with Crippen LogP contribution in [0.25, 0.3) is 0 Å². The fraction of sp³-hybridized carbons (Fsp3) is 0.500. The third-order valence-electron chi connectivity index (χ3n) is 5.18. The first-order valence-electron chi connectivity index (χ1n) is 9.00. The number of carbonyl (C=O) groups is 2. The van der Waals surface area contributed by atoms with E-state index in [1.54, 1.807) is 7.05 Å². The van der Waals surface area contributed by atoms with Gasteiger partial charge in [-0.3, -0.25) is 14.6 Å². The van der Waals surface area contributed by atoms with Gasteiger partial charge in [0, 0.05) is 19.5 Å². The number of hydrogen-bond donors (Lipinski definition) is 2. The maximum atomic E-state index is 12.7. The van der Waals surface area contributed by atoms with Crippen LogP contribution in [0, 0.1) is 0 Å². The molecule has 0 aliphatic carbocycles. The average molecular weight is 357 g/mol. The molecule has 1 aromatic carbocycles. The minimum atomic E-state index is -0.751. The molecule has 0 spiro atoms. The predicted octanol–water partition coefficient (Wildman–Crippen LogP) is 0.644. The summed E-state index contributed by atoms with van der Waals surface area (Å²) in [4.78, 5) is 31.4. The standard InChI is InChI=1S/C18H23N5O3/c1-3-11-8-9-15-20-16(21-23(11)15)17(24)19-12-10-26-14-7-5-4-6-13(14)22(2)18(12)25/h4-7,11-12,16,21H,3,8-10H2,1-2H3,(H,19,24)/t11-,12-,16?/m0/s1. The maximum Gasteiger partial charge on any atom is 0.262 e. The minimum absolute atomic E-state index is 0.0938. The summed E-state index contributed by atoms with van der Waals surface area (Å²) in [6.07, 6.45) is 2.23. The van der Waals surface area contributed by atoms with Crippen molar-refractivity contribution < 1.29 is 14.3 Å². The molecule has 0 aromatic heterocycles. The minimum Gasteiger partial charge on any atom is -0.489 e. The topological polar surface area (TPSA) is 86.3 Å². The summed E-state index contributed by atoms with van der Waals surface area (Å²) in [6, 6.07) is 6.95. The highest BCUT2D eigenvalue weighted by Gasteiger charge is 2.39. The van der Waals surface area contributed by atoms with Crippen LogP contribution in [0.15, 0.2) is 29.3 Å². The Morgan fingerprint density at radius 1 is 1.42 bits per heavy atom. The lowest BCUT2D eigenvalue weighted by atomic mass is 10.2. The van der Waals surface area contributed by atoms with E-state index in [0.29, 0.717) is 17.5 Å². The third kappa shape index (κ3) is 2.80. The molecule has 1 unspecified atom stereocenters. The molecule has 26 heavy (non-hydrogen) atoms. The van der Waals surface area contributed by atoms with Crippen LogP contribution in [0.3, 0.4) is 0 Å². The molecule has 3 heterocycles. The highest BCUT2D eigenvalue weighted by Crippen LogP contribution is 2.30. The molecule has 0 radical (unpaired) electrons. The van der Waals surface area contributed by atoms with Gasteiger partial charge in [0.25, 0.3) is 11.8 Å². The Hall–Kier alpha value is -2.61. The number of ether oxygens (including phenoxy) is 1. The number of amidine groups is 1.